The number of carbonyl (C=O) groups excluding carboxylic acids is 1. The van der Waals surface area contributed by atoms with Gasteiger partial charge < -0.3 is 14.4 Å². The Kier molecular flexibility index (Phi) is 6.82. The first kappa shape index (κ1) is 22.8. The summed E-state index contributed by atoms with van der Waals surface area (Å²) in [4.78, 5) is 15.6. The molecule has 31 heavy (non-hydrogen) atoms. The van der Waals surface area contributed by atoms with Gasteiger partial charge in [-0.05, 0) is 44.2 Å². The molecular formula is C21H24Cl2N3O3PS. The minimum absolute atomic E-state index is 0.359. The highest BCUT2D eigenvalue weighted by atomic mass is 35.5. The molecule has 1 saturated heterocycles. The van der Waals surface area contributed by atoms with Gasteiger partial charge in [-0.1, -0.05) is 35.0 Å². The highest BCUT2D eigenvalue weighted by molar-refractivity contribution is 8.18. The SMILES string of the molecule is CCN(CC)c1ccc2c(c1)OC(=O)N(c1ccc(Cl)c(Cl)c1)[P@]2(=S)N1CCOCC1. The summed E-state index contributed by atoms with van der Waals surface area (Å²) in [5, 5.41) is 1.63. The standard InChI is InChI=1S/C21H24Cl2N3O3PS/c1-3-24(4-2)15-6-8-20-19(14-15)29-21(27)26(16-5-7-17(22)18(23)13-16)30(20,31)25-9-11-28-12-10-25/h5-8,13-14H,3-4,9-12H2,1-2H3/t30-/m1/s1. The number of benzene rings is 2. The maximum atomic E-state index is 13.3. The molecule has 1 fully saturated rings. The summed E-state index contributed by atoms with van der Waals surface area (Å²) in [7, 11) is 0. The Labute approximate surface area is 197 Å². The van der Waals surface area contributed by atoms with Crippen LogP contribution in [0.25, 0.3) is 0 Å². The fourth-order valence-corrected chi connectivity index (χ4v) is 8.51. The van der Waals surface area contributed by atoms with E-state index in [1.807, 2.05) is 12.1 Å². The second kappa shape index (κ2) is 9.26. The van der Waals surface area contributed by atoms with Gasteiger partial charge in [0.1, 0.15) is 12.1 Å². The molecule has 2 aliphatic rings. The Morgan fingerprint density at radius 2 is 1.77 bits per heavy atom. The number of fused-ring (bicyclic) bond motifs is 1. The maximum absolute atomic E-state index is 13.3. The quantitative estimate of drug-likeness (QED) is 0.531. The van der Waals surface area contributed by atoms with E-state index in [2.05, 4.69) is 29.5 Å². The Morgan fingerprint density at radius 3 is 2.42 bits per heavy atom. The van der Waals surface area contributed by atoms with Crippen LogP contribution in [0.3, 0.4) is 0 Å². The number of nitrogens with zero attached hydrogens (tertiary/aromatic N) is 3. The van der Waals surface area contributed by atoms with Gasteiger partial charge in [0.05, 0.1) is 34.3 Å². The molecule has 166 valence electrons. The summed E-state index contributed by atoms with van der Waals surface area (Å²) in [6.45, 7) is 8.31. The Morgan fingerprint density at radius 1 is 1.06 bits per heavy atom. The molecule has 0 aromatic heterocycles. The molecule has 0 saturated carbocycles. The first-order valence-corrected chi connectivity index (χ1v) is 13.7. The van der Waals surface area contributed by atoms with Crippen LogP contribution in [0.4, 0.5) is 16.2 Å². The number of hydrogen-bond donors (Lipinski definition) is 0. The van der Waals surface area contributed by atoms with E-state index in [1.54, 1.807) is 22.9 Å². The van der Waals surface area contributed by atoms with E-state index in [9.17, 15) is 4.79 Å². The predicted molar refractivity (Wildman–Crippen MR) is 131 cm³/mol. The summed E-state index contributed by atoms with van der Waals surface area (Å²) in [6.07, 6.45) is -3.25. The van der Waals surface area contributed by atoms with Crippen molar-refractivity contribution in [2.45, 2.75) is 13.8 Å². The summed E-state index contributed by atoms with van der Waals surface area (Å²) in [6, 6.07) is 11.1. The van der Waals surface area contributed by atoms with Crippen molar-refractivity contribution < 1.29 is 14.3 Å². The molecular weight excluding hydrogens is 476 g/mol. The van der Waals surface area contributed by atoms with E-state index in [1.165, 1.54) is 0 Å². The van der Waals surface area contributed by atoms with Gasteiger partial charge in [0.25, 0.3) is 0 Å². The van der Waals surface area contributed by atoms with Crippen LogP contribution in [-0.2, 0) is 16.5 Å². The number of halogens is 2. The van der Waals surface area contributed by atoms with E-state index in [0.717, 1.165) is 24.1 Å². The smallest absolute Gasteiger partial charge is 0.409 e. The van der Waals surface area contributed by atoms with E-state index < -0.39 is 12.4 Å². The van der Waals surface area contributed by atoms with Crippen LogP contribution in [0, 0.1) is 0 Å². The molecule has 10 heteroatoms. The first-order valence-electron chi connectivity index (χ1n) is 10.2. The van der Waals surface area contributed by atoms with Crippen LogP contribution in [0.2, 0.25) is 10.0 Å². The van der Waals surface area contributed by atoms with Crippen LogP contribution in [0.5, 0.6) is 5.75 Å². The Hall–Kier alpha value is -1.34. The summed E-state index contributed by atoms with van der Waals surface area (Å²) >= 11 is 18.8. The van der Waals surface area contributed by atoms with Crippen LogP contribution in [0.1, 0.15) is 13.8 Å². The predicted octanol–water partition coefficient (Wildman–Crippen LogP) is 5.13. The second-order valence-electron chi connectivity index (χ2n) is 7.21. The molecule has 2 aliphatic heterocycles. The Balaban J connectivity index is 1.88. The van der Waals surface area contributed by atoms with E-state index >= 15 is 0 Å². The topological polar surface area (TPSA) is 45.2 Å². The summed E-state index contributed by atoms with van der Waals surface area (Å²) < 4.78 is 15.2. The van der Waals surface area contributed by atoms with Gasteiger partial charge in [-0.15, -0.1) is 0 Å². The Bertz CT molecular complexity index is 1040. The molecule has 1 amide bonds. The van der Waals surface area contributed by atoms with Gasteiger partial charge in [-0.3, -0.25) is 4.67 Å². The third kappa shape index (κ3) is 4.08. The molecule has 0 aliphatic carbocycles. The number of morpholine rings is 1. The molecule has 2 heterocycles. The first-order chi connectivity index (χ1) is 14.9. The normalized spacial score (nSPS) is 21.5. The molecule has 0 spiro atoms. The lowest BCUT2D eigenvalue weighted by Crippen LogP contribution is -2.48. The lowest BCUT2D eigenvalue weighted by molar-refractivity contribution is 0.0747. The number of amides is 1. The second-order valence-corrected chi connectivity index (χ2v) is 12.1. The zero-order chi connectivity index (χ0) is 22.2. The zero-order valence-corrected chi connectivity index (χ0v) is 20.6. The van der Waals surface area contributed by atoms with Crippen molar-refractivity contribution >= 4 is 64.1 Å². The van der Waals surface area contributed by atoms with E-state index in [-0.39, 0.29) is 0 Å². The number of anilines is 2. The number of ether oxygens (including phenoxy) is 2. The van der Waals surface area contributed by atoms with Crippen molar-refractivity contribution in [1.29, 1.82) is 0 Å². The number of rotatable bonds is 5. The van der Waals surface area contributed by atoms with Gasteiger partial charge in [-0.25, -0.2) is 9.46 Å². The van der Waals surface area contributed by atoms with Gasteiger partial charge in [0, 0.05) is 37.9 Å². The highest BCUT2D eigenvalue weighted by Crippen LogP contribution is 2.59. The molecule has 2 aromatic carbocycles. The lowest BCUT2D eigenvalue weighted by atomic mass is 10.2. The zero-order valence-electron chi connectivity index (χ0n) is 17.4. The van der Waals surface area contributed by atoms with Gasteiger partial charge >= 0.3 is 6.09 Å². The van der Waals surface area contributed by atoms with Crippen molar-refractivity contribution in [1.82, 2.24) is 4.67 Å². The van der Waals surface area contributed by atoms with Crippen molar-refractivity contribution in [3.8, 4) is 5.75 Å². The van der Waals surface area contributed by atoms with Crippen molar-refractivity contribution in [2.24, 2.45) is 0 Å². The average molecular weight is 500 g/mol. The molecule has 0 radical (unpaired) electrons. The number of carbonyl (C=O) groups is 1. The third-order valence-corrected chi connectivity index (χ3v) is 11.2. The third-order valence-electron chi connectivity index (χ3n) is 5.55. The molecule has 6 nitrogen and oxygen atoms in total. The van der Waals surface area contributed by atoms with Gasteiger partial charge in [-0.2, -0.15) is 0 Å². The molecule has 2 aromatic rings. The fourth-order valence-electron chi connectivity index (χ4n) is 3.95. The van der Waals surface area contributed by atoms with E-state index in [4.69, 9.17) is 44.5 Å². The molecule has 0 unspecified atom stereocenters. The van der Waals surface area contributed by atoms with Crippen LogP contribution >= 0.6 is 29.5 Å². The highest BCUT2D eigenvalue weighted by Gasteiger charge is 2.46. The minimum atomic E-state index is -2.74. The van der Waals surface area contributed by atoms with E-state index in [0.29, 0.717) is 47.8 Å². The molecule has 4 rings (SSSR count). The lowest BCUT2D eigenvalue weighted by Gasteiger charge is -2.46. The maximum Gasteiger partial charge on any atom is 0.424 e. The van der Waals surface area contributed by atoms with Gasteiger partial charge in [0.2, 0.25) is 0 Å². The van der Waals surface area contributed by atoms with Crippen LogP contribution in [-0.4, -0.2) is 50.2 Å². The van der Waals surface area contributed by atoms with Crippen LogP contribution < -0.4 is 19.6 Å². The van der Waals surface area contributed by atoms with Crippen molar-refractivity contribution in [3.63, 3.8) is 0 Å². The monoisotopic (exact) mass is 499 g/mol. The van der Waals surface area contributed by atoms with Crippen LogP contribution in [0.15, 0.2) is 36.4 Å². The largest absolute Gasteiger partial charge is 0.424 e. The van der Waals surface area contributed by atoms with Crippen molar-refractivity contribution in [2.75, 3.05) is 49.0 Å². The van der Waals surface area contributed by atoms with Crippen molar-refractivity contribution in [3.05, 3.63) is 46.4 Å². The molecule has 0 N–H and O–H groups in total. The molecule has 1 atom stereocenters. The average Bonchev–Trinajstić information content (AvgIpc) is 2.77. The fraction of sp³-hybridized carbons (Fsp3) is 0.381. The molecule has 0 bridgehead atoms. The summed E-state index contributed by atoms with van der Waals surface area (Å²) in [5.41, 5.74) is 1.58. The minimum Gasteiger partial charge on any atom is -0.409 e. The van der Waals surface area contributed by atoms with Gasteiger partial charge in [0.15, 0.2) is 0 Å². The summed E-state index contributed by atoms with van der Waals surface area (Å²) in [5.74, 6) is 0.528. The number of hydrogen-bond acceptors (Lipinski definition) is 5.